The predicted octanol–water partition coefficient (Wildman–Crippen LogP) is 1.78. The van der Waals surface area contributed by atoms with Gasteiger partial charge in [0.05, 0.1) is 20.3 Å². The van der Waals surface area contributed by atoms with Crippen LogP contribution in [-0.2, 0) is 9.05 Å². The van der Waals surface area contributed by atoms with Gasteiger partial charge in [-0.1, -0.05) is 0 Å². The second-order valence-electron chi connectivity index (χ2n) is 3.41. The lowest BCUT2D eigenvalue weighted by molar-refractivity contribution is 0.293. The third-order valence-electron chi connectivity index (χ3n) is 2.30. The molecule has 0 spiro atoms. The van der Waals surface area contributed by atoms with Gasteiger partial charge < -0.3 is 14.2 Å². The maximum absolute atomic E-state index is 11.5. The van der Waals surface area contributed by atoms with Crippen LogP contribution in [-0.4, -0.2) is 28.7 Å². The van der Waals surface area contributed by atoms with E-state index in [0.717, 1.165) is 0 Å². The second-order valence-corrected chi connectivity index (χ2v) is 5.92. The van der Waals surface area contributed by atoms with Crippen molar-refractivity contribution >= 4 is 19.7 Å². The Morgan fingerprint density at radius 1 is 1.29 bits per heavy atom. The molecule has 17 heavy (non-hydrogen) atoms. The van der Waals surface area contributed by atoms with E-state index < -0.39 is 9.05 Å². The zero-order valence-electron chi connectivity index (χ0n) is 9.10. The zero-order chi connectivity index (χ0) is 12.5. The number of ether oxygens (including phenoxy) is 3. The Morgan fingerprint density at radius 2 is 2.00 bits per heavy atom. The molecule has 0 atom stereocenters. The molecule has 94 valence electrons. The Bertz CT molecular complexity index is 526. The summed E-state index contributed by atoms with van der Waals surface area (Å²) in [5, 5.41) is 0. The van der Waals surface area contributed by atoms with Crippen molar-refractivity contribution in [1.82, 2.24) is 0 Å². The minimum absolute atomic E-state index is 0.122. The maximum Gasteiger partial charge on any atom is 0.268 e. The predicted molar refractivity (Wildman–Crippen MR) is 61.6 cm³/mol. The molecule has 1 aromatic rings. The van der Waals surface area contributed by atoms with E-state index >= 15 is 0 Å². The first kappa shape index (κ1) is 12.3. The molecule has 1 aromatic carbocycles. The standard InChI is InChI=1S/C10H11ClO5S/c1-14-8-4-3-7-9(10(8)17(11,12)13)16-6-2-5-15-7/h3-4H,2,5-6H2,1H3. The first-order valence-electron chi connectivity index (χ1n) is 4.95. The van der Waals surface area contributed by atoms with Crippen LogP contribution in [0.25, 0.3) is 0 Å². The van der Waals surface area contributed by atoms with E-state index in [1.165, 1.54) is 13.2 Å². The highest BCUT2D eigenvalue weighted by molar-refractivity contribution is 8.14. The third kappa shape index (κ3) is 2.42. The van der Waals surface area contributed by atoms with E-state index in [4.69, 9.17) is 24.9 Å². The molecule has 0 fully saturated rings. The van der Waals surface area contributed by atoms with Gasteiger partial charge in [-0.15, -0.1) is 0 Å². The van der Waals surface area contributed by atoms with Crippen molar-refractivity contribution < 1.29 is 22.6 Å². The molecule has 7 heteroatoms. The van der Waals surface area contributed by atoms with Gasteiger partial charge in [0, 0.05) is 17.1 Å². The van der Waals surface area contributed by atoms with Gasteiger partial charge in [0.2, 0.25) is 0 Å². The van der Waals surface area contributed by atoms with Crippen molar-refractivity contribution in [3.8, 4) is 17.2 Å². The van der Waals surface area contributed by atoms with Gasteiger partial charge in [-0.25, -0.2) is 8.42 Å². The zero-order valence-corrected chi connectivity index (χ0v) is 10.7. The molecule has 0 N–H and O–H groups in total. The molecule has 0 aromatic heterocycles. The SMILES string of the molecule is COc1ccc2c(c1S(=O)(=O)Cl)OCCCO2. The summed E-state index contributed by atoms with van der Waals surface area (Å²) in [6.45, 7) is 0.848. The Labute approximate surface area is 104 Å². The van der Waals surface area contributed by atoms with Crippen molar-refractivity contribution in [1.29, 1.82) is 0 Å². The van der Waals surface area contributed by atoms with Crippen LogP contribution in [0.5, 0.6) is 17.2 Å². The number of halogens is 1. The molecule has 0 radical (unpaired) electrons. The van der Waals surface area contributed by atoms with Crippen molar-refractivity contribution in [2.45, 2.75) is 11.3 Å². The molecular formula is C10H11ClO5S. The highest BCUT2D eigenvalue weighted by atomic mass is 35.7. The molecule has 0 aliphatic carbocycles. The largest absolute Gasteiger partial charge is 0.495 e. The van der Waals surface area contributed by atoms with E-state index in [9.17, 15) is 8.42 Å². The quantitative estimate of drug-likeness (QED) is 0.772. The van der Waals surface area contributed by atoms with Gasteiger partial charge in [-0.2, -0.15) is 0 Å². The molecule has 0 saturated carbocycles. The fourth-order valence-corrected chi connectivity index (χ4v) is 2.79. The maximum atomic E-state index is 11.5. The lowest BCUT2D eigenvalue weighted by Gasteiger charge is -2.13. The molecule has 5 nitrogen and oxygen atoms in total. The summed E-state index contributed by atoms with van der Waals surface area (Å²) in [6, 6.07) is 3.09. The first-order chi connectivity index (χ1) is 8.04. The van der Waals surface area contributed by atoms with Crippen LogP contribution in [0.4, 0.5) is 0 Å². The minimum atomic E-state index is -3.96. The average Bonchev–Trinajstić information content (AvgIpc) is 2.50. The summed E-state index contributed by atoms with van der Waals surface area (Å²) in [6.07, 6.45) is 0.679. The van der Waals surface area contributed by atoms with Crippen molar-refractivity contribution in [2.75, 3.05) is 20.3 Å². The van der Waals surface area contributed by atoms with Crippen LogP contribution in [0.1, 0.15) is 6.42 Å². The van der Waals surface area contributed by atoms with Gasteiger partial charge in [-0.05, 0) is 12.1 Å². The van der Waals surface area contributed by atoms with E-state index in [0.29, 0.717) is 25.4 Å². The summed E-state index contributed by atoms with van der Waals surface area (Å²) in [5.41, 5.74) is 0. The molecule has 0 bridgehead atoms. The summed E-state index contributed by atoms with van der Waals surface area (Å²) < 4.78 is 38.8. The Hall–Kier alpha value is -1.14. The Kier molecular flexibility index (Phi) is 3.35. The number of benzene rings is 1. The average molecular weight is 279 g/mol. The van der Waals surface area contributed by atoms with Gasteiger partial charge >= 0.3 is 0 Å². The third-order valence-corrected chi connectivity index (χ3v) is 3.63. The molecule has 1 heterocycles. The fourth-order valence-electron chi connectivity index (χ4n) is 1.58. The molecule has 0 unspecified atom stereocenters. The van der Waals surface area contributed by atoms with Crippen LogP contribution in [0.3, 0.4) is 0 Å². The molecular weight excluding hydrogens is 268 g/mol. The summed E-state index contributed by atoms with van der Waals surface area (Å²) in [5.74, 6) is 0.628. The van der Waals surface area contributed by atoms with Crippen LogP contribution in [0.2, 0.25) is 0 Å². The monoisotopic (exact) mass is 278 g/mol. The van der Waals surface area contributed by atoms with Crippen LogP contribution >= 0.6 is 10.7 Å². The Morgan fingerprint density at radius 3 is 2.65 bits per heavy atom. The van der Waals surface area contributed by atoms with E-state index in [1.54, 1.807) is 6.07 Å². The van der Waals surface area contributed by atoms with E-state index in [2.05, 4.69) is 0 Å². The Balaban J connectivity index is 2.68. The lowest BCUT2D eigenvalue weighted by atomic mass is 10.3. The van der Waals surface area contributed by atoms with Gasteiger partial charge in [0.15, 0.2) is 16.4 Å². The van der Waals surface area contributed by atoms with Crippen LogP contribution in [0, 0.1) is 0 Å². The van der Waals surface area contributed by atoms with Crippen molar-refractivity contribution in [2.24, 2.45) is 0 Å². The summed E-state index contributed by atoms with van der Waals surface area (Å²) in [7, 11) is 2.79. The van der Waals surface area contributed by atoms with Gasteiger partial charge in [-0.3, -0.25) is 0 Å². The second kappa shape index (κ2) is 4.62. The summed E-state index contributed by atoms with van der Waals surface area (Å²) in [4.78, 5) is -0.180. The molecule has 0 amide bonds. The van der Waals surface area contributed by atoms with E-state index in [-0.39, 0.29) is 16.4 Å². The summed E-state index contributed by atoms with van der Waals surface area (Å²) >= 11 is 0. The number of hydrogen-bond donors (Lipinski definition) is 0. The normalized spacial score (nSPS) is 15.2. The van der Waals surface area contributed by atoms with Crippen molar-refractivity contribution in [3.63, 3.8) is 0 Å². The number of fused-ring (bicyclic) bond motifs is 1. The van der Waals surface area contributed by atoms with Gasteiger partial charge in [0.25, 0.3) is 9.05 Å². The number of methoxy groups -OCH3 is 1. The molecule has 2 rings (SSSR count). The number of hydrogen-bond acceptors (Lipinski definition) is 5. The van der Waals surface area contributed by atoms with Crippen LogP contribution in [0.15, 0.2) is 17.0 Å². The highest BCUT2D eigenvalue weighted by Crippen LogP contribution is 2.43. The lowest BCUT2D eigenvalue weighted by Crippen LogP contribution is -2.02. The smallest absolute Gasteiger partial charge is 0.268 e. The van der Waals surface area contributed by atoms with Crippen LogP contribution < -0.4 is 14.2 Å². The van der Waals surface area contributed by atoms with Gasteiger partial charge in [0.1, 0.15) is 5.75 Å². The topological polar surface area (TPSA) is 61.8 Å². The van der Waals surface area contributed by atoms with Crippen molar-refractivity contribution in [3.05, 3.63) is 12.1 Å². The number of rotatable bonds is 2. The highest BCUT2D eigenvalue weighted by Gasteiger charge is 2.27. The molecule has 1 aliphatic heterocycles. The van der Waals surface area contributed by atoms with E-state index in [1.807, 2.05) is 0 Å². The minimum Gasteiger partial charge on any atom is -0.495 e. The molecule has 1 aliphatic rings. The molecule has 0 saturated heterocycles. The fraction of sp³-hybridized carbons (Fsp3) is 0.400. The first-order valence-corrected chi connectivity index (χ1v) is 7.26.